The number of nitrogens with zero attached hydrogens (tertiary/aromatic N) is 5. The smallest absolute Gasteiger partial charge is 0.261 e. The van der Waals surface area contributed by atoms with Gasteiger partial charge in [-0.3, -0.25) is 4.79 Å². The van der Waals surface area contributed by atoms with Crippen LogP contribution in [0.2, 0.25) is 0 Å². The third-order valence-electron chi connectivity index (χ3n) is 5.22. The SMILES string of the molecule is C[C@@H]1COc2cn3ncc4c3nc2N1Cc1cc(F)cnc1OCC(C(F)F)NC4=O. The topological polar surface area (TPSA) is 93.9 Å². The maximum absolute atomic E-state index is 13.9. The number of amides is 1. The van der Waals surface area contributed by atoms with Gasteiger partial charge in [0.1, 0.15) is 30.6 Å². The van der Waals surface area contributed by atoms with Crippen LogP contribution < -0.4 is 19.7 Å². The van der Waals surface area contributed by atoms with Crippen LogP contribution in [0.25, 0.3) is 5.65 Å². The number of carbonyl (C=O) groups excluding carboxylic acids is 1. The summed E-state index contributed by atoms with van der Waals surface area (Å²) in [7, 11) is 0. The van der Waals surface area contributed by atoms with Crippen molar-refractivity contribution in [2.75, 3.05) is 18.1 Å². The largest absolute Gasteiger partial charge is 0.486 e. The Hall–Kier alpha value is -3.57. The molecule has 1 amide bonds. The van der Waals surface area contributed by atoms with E-state index in [0.29, 0.717) is 23.7 Å². The predicted octanol–water partition coefficient (Wildman–Crippen LogP) is 1.81. The number of hydrogen-bond donors (Lipinski definition) is 1. The highest BCUT2D eigenvalue weighted by Crippen LogP contribution is 2.35. The van der Waals surface area contributed by atoms with Crippen LogP contribution in [0.3, 0.4) is 0 Å². The molecule has 0 radical (unpaired) electrons. The second-order valence-corrected chi connectivity index (χ2v) is 7.39. The molecule has 12 heteroatoms. The van der Waals surface area contributed by atoms with Gasteiger partial charge in [0.05, 0.1) is 31.2 Å². The minimum atomic E-state index is -2.90. The highest BCUT2D eigenvalue weighted by molar-refractivity contribution is 6.00. The van der Waals surface area contributed by atoms with Crippen molar-refractivity contribution >= 4 is 17.4 Å². The summed E-state index contributed by atoms with van der Waals surface area (Å²) in [5.74, 6) is -0.509. The van der Waals surface area contributed by atoms with Crippen molar-refractivity contribution in [3.05, 3.63) is 41.6 Å². The molecule has 3 aromatic heterocycles. The van der Waals surface area contributed by atoms with E-state index in [1.54, 1.807) is 6.20 Å². The Kier molecular flexibility index (Phi) is 4.56. The lowest BCUT2D eigenvalue weighted by Gasteiger charge is -2.35. The van der Waals surface area contributed by atoms with E-state index in [4.69, 9.17) is 9.47 Å². The minimum absolute atomic E-state index is 0.00451. The summed E-state index contributed by atoms with van der Waals surface area (Å²) in [6, 6.07) is -0.531. The number of alkyl halides is 2. The van der Waals surface area contributed by atoms with Crippen LogP contribution in [-0.2, 0) is 6.54 Å². The molecule has 5 rings (SSSR count). The van der Waals surface area contributed by atoms with Crippen molar-refractivity contribution in [3.63, 3.8) is 0 Å². The van der Waals surface area contributed by atoms with E-state index >= 15 is 0 Å². The number of nitrogens with one attached hydrogen (secondary N) is 1. The summed E-state index contributed by atoms with van der Waals surface area (Å²) in [6.45, 7) is 1.83. The molecule has 2 aliphatic heterocycles. The standard InChI is InChI=1S/C19H17F3N6O3/c1-9-7-30-14-6-28-16-12(4-24-28)18(29)25-13(15(21)22)8-31-19-10(2-11(20)3-23-19)5-27(9)17(14)26-16/h2-4,6,9,13,15H,5,7-8H2,1H3,(H,25,29)/t9-,13?/m1/s1. The van der Waals surface area contributed by atoms with E-state index in [2.05, 4.69) is 20.4 Å². The van der Waals surface area contributed by atoms with E-state index in [-0.39, 0.29) is 29.7 Å². The molecule has 0 aromatic carbocycles. The monoisotopic (exact) mass is 434 g/mol. The molecule has 162 valence electrons. The summed E-state index contributed by atoms with van der Waals surface area (Å²) < 4.78 is 53.7. The molecule has 2 aliphatic rings. The van der Waals surface area contributed by atoms with E-state index in [1.165, 1.54) is 16.8 Å². The van der Waals surface area contributed by atoms with Gasteiger partial charge in [0.2, 0.25) is 5.88 Å². The van der Waals surface area contributed by atoms with E-state index < -0.39 is 30.8 Å². The Bertz CT molecular complexity index is 1170. The number of halogens is 3. The average molecular weight is 434 g/mol. The molecule has 0 saturated carbocycles. The lowest BCUT2D eigenvalue weighted by atomic mass is 10.2. The van der Waals surface area contributed by atoms with Gasteiger partial charge >= 0.3 is 0 Å². The van der Waals surface area contributed by atoms with Gasteiger partial charge in [0.25, 0.3) is 12.3 Å². The molecule has 31 heavy (non-hydrogen) atoms. The second kappa shape index (κ2) is 7.29. The summed E-state index contributed by atoms with van der Waals surface area (Å²) in [6.07, 6.45) is 0.871. The lowest BCUT2D eigenvalue weighted by molar-refractivity contribution is 0.0592. The molecular weight excluding hydrogens is 417 g/mol. The molecule has 3 aromatic rings. The molecule has 0 saturated heterocycles. The molecule has 5 heterocycles. The van der Waals surface area contributed by atoms with Crippen LogP contribution in [0.4, 0.5) is 19.0 Å². The summed E-state index contributed by atoms with van der Waals surface area (Å²) in [5, 5.41) is 6.35. The van der Waals surface area contributed by atoms with Crippen molar-refractivity contribution in [1.82, 2.24) is 24.9 Å². The third kappa shape index (κ3) is 3.37. The Balaban J connectivity index is 1.69. The fourth-order valence-electron chi connectivity index (χ4n) is 3.58. The first-order valence-corrected chi connectivity index (χ1v) is 9.54. The highest BCUT2D eigenvalue weighted by Gasteiger charge is 2.31. The lowest BCUT2D eigenvalue weighted by Crippen LogP contribution is -2.44. The minimum Gasteiger partial charge on any atom is -0.486 e. The maximum atomic E-state index is 13.9. The molecule has 0 aliphatic carbocycles. The van der Waals surface area contributed by atoms with Gasteiger partial charge in [-0.2, -0.15) is 5.10 Å². The zero-order valence-corrected chi connectivity index (χ0v) is 16.3. The van der Waals surface area contributed by atoms with Gasteiger partial charge < -0.3 is 19.7 Å². The van der Waals surface area contributed by atoms with Gasteiger partial charge in [-0.25, -0.2) is 27.7 Å². The molecule has 2 bridgehead atoms. The Morgan fingerprint density at radius 1 is 1.26 bits per heavy atom. The number of rotatable bonds is 1. The van der Waals surface area contributed by atoms with E-state index in [9.17, 15) is 18.0 Å². The van der Waals surface area contributed by atoms with Crippen LogP contribution in [0.15, 0.2) is 24.7 Å². The van der Waals surface area contributed by atoms with Gasteiger partial charge in [-0.1, -0.05) is 0 Å². The first kappa shape index (κ1) is 19.4. The molecule has 1 unspecified atom stereocenters. The molecular formula is C19H17F3N6O3. The van der Waals surface area contributed by atoms with Crippen molar-refractivity contribution in [1.29, 1.82) is 0 Å². The molecule has 0 fully saturated rings. The van der Waals surface area contributed by atoms with Gasteiger partial charge in [0.15, 0.2) is 17.2 Å². The summed E-state index contributed by atoms with van der Waals surface area (Å²) in [4.78, 5) is 23.0. The van der Waals surface area contributed by atoms with Crippen LogP contribution in [0.1, 0.15) is 22.8 Å². The van der Waals surface area contributed by atoms with Crippen molar-refractivity contribution in [3.8, 4) is 11.6 Å². The fourth-order valence-corrected chi connectivity index (χ4v) is 3.58. The van der Waals surface area contributed by atoms with Crippen molar-refractivity contribution < 1.29 is 27.4 Å². The first-order chi connectivity index (χ1) is 14.9. The van der Waals surface area contributed by atoms with Crippen LogP contribution >= 0.6 is 0 Å². The number of pyridine rings is 1. The molecule has 0 spiro atoms. The van der Waals surface area contributed by atoms with Gasteiger partial charge in [-0.15, -0.1) is 0 Å². The third-order valence-corrected chi connectivity index (χ3v) is 5.22. The zero-order chi connectivity index (χ0) is 21.7. The number of carbonyl (C=O) groups is 1. The van der Waals surface area contributed by atoms with E-state index in [0.717, 1.165) is 6.20 Å². The fraction of sp³-hybridized carbons (Fsp3) is 0.368. The van der Waals surface area contributed by atoms with E-state index in [1.807, 2.05) is 11.8 Å². The average Bonchev–Trinajstić information content (AvgIpc) is 3.15. The Morgan fingerprint density at radius 2 is 2.10 bits per heavy atom. The summed E-state index contributed by atoms with van der Waals surface area (Å²) >= 11 is 0. The number of fused-ring (bicyclic) bond motifs is 1. The molecule has 2 atom stereocenters. The number of anilines is 1. The molecule has 1 N–H and O–H groups in total. The quantitative estimate of drug-likeness (QED) is 0.624. The number of hydrogen-bond acceptors (Lipinski definition) is 7. The van der Waals surface area contributed by atoms with Crippen LogP contribution in [0.5, 0.6) is 11.6 Å². The highest BCUT2D eigenvalue weighted by atomic mass is 19.3. The normalized spacial score (nSPS) is 20.9. The Morgan fingerprint density at radius 3 is 2.90 bits per heavy atom. The van der Waals surface area contributed by atoms with Gasteiger partial charge in [-0.05, 0) is 13.0 Å². The van der Waals surface area contributed by atoms with Crippen LogP contribution in [0, 0.1) is 5.82 Å². The summed E-state index contributed by atoms with van der Waals surface area (Å²) in [5.41, 5.74) is 0.575. The zero-order valence-electron chi connectivity index (χ0n) is 16.3. The van der Waals surface area contributed by atoms with Gasteiger partial charge in [0, 0.05) is 5.56 Å². The van der Waals surface area contributed by atoms with Crippen molar-refractivity contribution in [2.24, 2.45) is 0 Å². The number of ether oxygens (including phenoxy) is 2. The number of aromatic nitrogens is 4. The molecule has 9 nitrogen and oxygen atoms in total. The maximum Gasteiger partial charge on any atom is 0.261 e. The first-order valence-electron chi connectivity index (χ1n) is 9.54. The van der Waals surface area contributed by atoms with Crippen molar-refractivity contribution in [2.45, 2.75) is 32.0 Å². The Labute approximate surface area is 173 Å². The predicted molar refractivity (Wildman–Crippen MR) is 101 cm³/mol. The second-order valence-electron chi connectivity index (χ2n) is 7.39. The van der Waals surface area contributed by atoms with Crippen LogP contribution in [-0.4, -0.2) is 57.2 Å².